The van der Waals surface area contributed by atoms with E-state index in [1.54, 1.807) is 0 Å². The van der Waals surface area contributed by atoms with E-state index in [1.165, 1.54) is 5.92 Å². The fourth-order valence-electron chi connectivity index (χ4n) is 2.26. The molecule has 0 N–H and O–H groups in total. The number of oxazole rings is 1. The average Bonchev–Trinajstić information content (AvgIpc) is 3.12. The van der Waals surface area contributed by atoms with Crippen molar-refractivity contribution < 1.29 is 21.5 Å². The Bertz CT molecular complexity index is 419. The predicted molar refractivity (Wildman–Crippen MR) is 84.5 cm³/mol. The third-order valence-corrected chi connectivity index (χ3v) is 3.10. The minimum atomic E-state index is 0. The fraction of sp³-hybridized carbons (Fsp3) is 0.278. The maximum Gasteiger partial charge on any atom is 0.191 e. The molecule has 0 aliphatic heterocycles. The van der Waals surface area contributed by atoms with Gasteiger partial charge in [-0.1, -0.05) is 0 Å². The second-order valence-corrected chi connectivity index (χ2v) is 5.31. The van der Waals surface area contributed by atoms with Gasteiger partial charge >= 0.3 is 0 Å². The van der Waals surface area contributed by atoms with Gasteiger partial charge in [0, 0.05) is 36.5 Å². The Morgan fingerprint density at radius 3 is 2.00 bits per heavy atom. The summed E-state index contributed by atoms with van der Waals surface area (Å²) in [5.41, 5.74) is 0.962. The Morgan fingerprint density at radius 1 is 0.955 bits per heavy atom. The summed E-state index contributed by atoms with van der Waals surface area (Å²) in [6, 6.07) is 0. The molecule has 118 valence electrons. The normalized spacial score (nSPS) is 19.1. The topological polar surface area (TPSA) is 29.3 Å². The Hall–Kier alpha value is -0.311. The SMILES string of the molecule is Cc1nc(C)c([C]2[CH][CH][CH][C]2CN(C)C)o1.[CH]1[CH][CH][CH][CH]1.[Fe]. The molecule has 2 saturated carbocycles. The molecule has 22 heavy (non-hydrogen) atoms. The van der Waals surface area contributed by atoms with Crippen molar-refractivity contribution in [1.29, 1.82) is 0 Å². The van der Waals surface area contributed by atoms with Crippen molar-refractivity contribution in [3.05, 3.63) is 80.5 Å². The summed E-state index contributed by atoms with van der Waals surface area (Å²) < 4.78 is 5.65. The van der Waals surface area contributed by atoms with E-state index in [9.17, 15) is 0 Å². The van der Waals surface area contributed by atoms with Gasteiger partial charge in [-0.3, -0.25) is 0 Å². The molecule has 2 aliphatic rings. The molecule has 0 bridgehead atoms. The van der Waals surface area contributed by atoms with Crippen LogP contribution in [0.3, 0.4) is 0 Å². The first-order valence-electron chi connectivity index (χ1n) is 7.08. The van der Waals surface area contributed by atoms with Crippen LogP contribution < -0.4 is 0 Å². The van der Waals surface area contributed by atoms with Crippen LogP contribution in [-0.4, -0.2) is 30.5 Å². The van der Waals surface area contributed by atoms with Crippen molar-refractivity contribution in [1.82, 2.24) is 9.88 Å². The maximum atomic E-state index is 5.65. The standard InChI is InChI=1S/C13H17N2O.C5H5.Fe/c1-9-13(16-10(2)14-9)12-7-5-6-11(12)8-15(3)4;1-2-4-5-3-1;/h5-7H,8H2,1-4H3;1-5H;. The van der Waals surface area contributed by atoms with Crippen molar-refractivity contribution in [2.24, 2.45) is 0 Å². The molecular weight excluding hydrogens is 316 g/mol. The Labute approximate surface area is 146 Å². The van der Waals surface area contributed by atoms with E-state index in [1.807, 2.05) is 46.0 Å². The molecule has 3 rings (SSSR count). The van der Waals surface area contributed by atoms with Crippen LogP contribution >= 0.6 is 0 Å². The van der Waals surface area contributed by atoms with E-state index in [2.05, 4.69) is 43.2 Å². The van der Waals surface area contributed by atoms with Crippen LogP contribution in [0.2, 0.25) is 0 Å². The molecule has 0 aromatic carbocycles. The molecule has 2 aliphatic carbocycles. The van der Waals surface area contributed by atoms with Gasteiger partial charge in [-0.15, -0.1) is 0 Å². The molecule has 1 aromatic heterocycles. The molecule has 1 heterocycles. The van der Waals surface area contributed by atoms with E-state index >= 15 is 0 Å². The van der Waals surface area contributed by atoms with Crippen LogP contribution in [0.1, 0.15) is 17.3 Å². The van der Waals surface area contributed by atoms with E-state index < -0.39 is 0 Å². The second kappa shape index (κ2) is 9.74. The zero-order valence-electron chi connectivity index (χ0n) is 13.5. The number of aromatic nitrogens is 1. The zero-order chi connectivity index (χ0) is 15.2. The van der Waals surface area contributed by atoms with Gasteiger partial charge in [-0.2, -0.15) is 0 Å². The van der Waals surface area contributed by atoms with Gasteiger partial charge in [0.1, 0.15) is 5.76 Å². The van der Waals surface area contributed by atoms with Crippen molar-refractivity contribution in [2.75, 3.05) is 20.6 Å². The minimum Gasteiger partial charge on any atom is -0.445 e. The molecule has 0 unspecified atom stereocenters. The molecule has 2 fully saturated rings. The Balaban J connectivity index is 0.000000344. The number of nitrogens with zero attached hydrogens (tertiary/aromatic N) is 2. The molecule has 10 radical (unpaired) electrons. The largest absolute Gasteiger partial charge is 0.445 e. The summed E-state index contributed by atoms with van der Waals surface area (Å²) in [6.07, 6.45) is 16.3. The monoisotopic (exact) mass is 338 g/mol. The second-order valence-electron chi connectivity index (χ2n) is 5.31. The van der Waals surface area contributed by atoms with E-state index in [0.717, 1.165) is 29.8 Å². The van der Waals surface area contributed by atoms with Gasteiger partial charge in [0.2, 0.25) is 0 Å². The predicted octanol–water partition coefficient (Wildman–Crippen LogP) is 3.00. The number of hydrogen-bond acceptors (Lipinski definition) is 3. The molecule has 0 atom stereocenters. The number of hydrogen-bond donors (Lipinski definition) is 0. The summed E-state index contributed by atoms with van der Waals surface area (Å²) in [5, 5.41) is 0. The molecule has 4 heteroatoms. The third-order valence-electron chi connectivity index (χ3n) is 3.10. The van der Waals surface area contributed by atoms with Crippen molar-refractivity contribution >= 4 is 0 Å². The van der Waals surface area contributed by atoms with Gasteiger partial charge in [0.25, 0.3) is 0 Å². The minimum absolute atomic E-state index is 0. The van der Waals surface area contributed by atoms with Gasteiger partial charge in [-0.05, 0) is 72.4 Å². The molecule has 0 amide bonds. The number of rotatable bonds is 3. The summed E-state index contributed by atoms with van der Waals surface area (Å²) >= 11 is 0. The van der Waals surface area contributed by atoms with Crippen LogP contribution in [0.15, 0.2) is 4.42 Å². The summed E-state index contributed by atoms with van der Waals surface area (Å²) in [6.45, 7) is 4.78. The smallest absolute Gasteiger partial charge is 0.191 e. The molecule has 3 nitrogen and oxygen atoms in total. The Morgan fingerprint density at radius 2 is 1.55 bits per heavy atom. The van der Waals surface area contributed by atoms with Crippen LogP contribution in [0.4, 0.5) is 0 Å². The van der Waals surface area contributed by atoms with Crippen molar-refractivity contribution in [3.8, 4) is 0 Å². The molecular formula is C18H22FeN2O. The summed E-state index contributed by atoms with van der Waals surface area (Å²) in [7, 11) is 4.13. The average molecular weight is 338 g/mol. The van der Waals surface area contributed by atoms with Gasteiger partial charge in [-0.25, -0.2) is 4.98 Å². The van der Waals surface area contributed by atoms with E-state index in [-0.39, 0.29) is 17.1 Å². The quantitative estimate of drug-likeness (QED) is 0.794. The van der Waals surface area contributed by atoms with Crippen LogP contribution in [0.25, 0.3) is 0 Å². The van der Waals surface area contributed by atoms with E-state index in [4.69, 9.17) is 4.42 Å². The maximum absolute atomic E-state index is 5.65. The third kappa shape index (κ3) is 5.72. The summed E-state index contributed by atoms with van der Waals surface area (Å²) in [5.74, 6) is 4.07. The van der Waals surface area contributed by atoms with Gasteiger partial charge < -0.3 is 9.32 Å². The van der Waals surface area contributed by atoms with Crippen molar-refractivity contribution in [2.45, 2.75) is 13.8 Å². The molecule has 1 aromatic rings. The fourth-order valence-corrected chi connectivity index (χ4v) is 2.26. The van der Waals surface area contributed by atoms with Crippen molar-refractivity contribution in [3.63, 3.8) is 0 Å². The van der Waals surface area contributed by atoms with Crippen LogP contribution in [-0.2, 0) is 17.1 Å². The summed E-state index contributed by atoms with van der Waals surface area (Å²) in [4.78, 5) is 6.46. The number of aryl methyl sites for hydroxylation is 2. The van der Waals surface area contributed by atoms with Crippen LogP contribution in [0, 0.1) is 77.0 Å². The van der Waals surface area contributed by atoms with E-state index in [0.29, 0.717) is 0 Å². The first kappa shape index (κ1) is 19.7. The van der Waals surface area contributed by atoms with Gasteiger partial charge in [0.05, 0.1) is 11.6 Å². The van der Waals surface area contributed by atoms with Gasteiger partial charge in [0.15, 0.2) is 5.89 Å². The first-order chi connectivity index (χ1) is 10.1. The van der Waals surface area contributed by atoms with Crippen LogP contribution in [0.5, 0.6) is 0 Å². The molecule has 0 saturated heterocycles. The Kier molecular flexibility index (Phi) is 8.74. The molecule has 0 spiro atoms. The zero-order valence-corrected chi connectivity index (χ0v) is 14.6. The first-order valence-corrected chi connectivity index (χ1v) is 7.08.